The molecule has 0 bridgehead atoms. The predicted octanol–water partition coefficient (Wildman–Crippen LogP) is 2.60. The standard InChI is InChI=1S/C12H14N2O2S2/c1-8-6-17-10(13-8)5-11-14-9(7-18-11)3-4-12(15)16-2/h6-7H,3-5H2,1-2H3. The Morgan fingerprint density at radius 3 is 2.67 bits per heavy atom. The van der Waals surface area contributed by atoms with E-state index in [0.29, 0.717) is 12.8 Å². The van der Waals surface area contributed by atoms with Gasteiger partial charge in [0.1, 0.15) is 0 Å². The second-order valence-corrected chi connectivity index (χ2v) is 5.75. The largest absolute Gasteiger partial charge is 0.469 e. The van der Waals surface area contributed by atoms with Crippen LogP contribution in [0.2, 0.25) is 0 Å². The van der Waals surface area contributed by atoms with E-state index in [1.807, 2.05) is 17.7 Å². The van der Waals surface area contributed by atoms with Crippen LogP contribution in [0, 0.1) is 6.92 Å². The highest BCUT2D eigenvalue weighted by atomic mass is 32.1. The van der Waals surface area contributed by atoms with Crippen molar-refractivity contribution in [3.63, 3.8) is 0 Å². The van der Waals surface area contributed by atoms with Crippen LogP contribution in [-0.2, 0) is 22.4 Å². The number of thiazole rings is 2. The summed E-state index contributed by atoms with van der Waals surface area (Å²) in [6.07, 6.45) is 1.80. The summed E-state index contributed by atoms with van der Waals surface area (Å²) in [6, 6.07) is 0. The lowest BCUT2D eigenvalue weighted by Crippen LogP contribution is -2.02. The van der Waals surface area contributed by atoms with Crippen LogP contribution in [0.15, 0.2) is 10.8 Å². The second kappa shape index (κ2) is 6.06. The van der Waals surface area contributed by atoms with Crippen molar-refractivity contribution in [2.45, 2.75) is 26.2 Å². The van der Waals surface area contributed by atoms with Gasteiger partial charge in [-0.05, 0) is 6.92 Å². The van der Waals surface area contributed by atoms with Gasteiger partial charge in [-0.3, -0.25) is 4.79 Å². The van der Waals surface area contributed by atoms with Crippen LogP contribution in [0.4, 0.5) is 0 Å². The van der Waals surface area contributed by atoms with E-state index in [0.717, 1.165) is 27.8 Å². The zero-order chi connectivity index (χ0) is 13.0. The molecule has 2 rings (SSSR count). The average molecular weight is 282 g/mol. The summed E-state index contributed by atoms with van der Waals surface area (Å²) in [7, 11) is 1.40. The topological polar surface area (TPSA) is 52.1 Å². The average Bonchev–Trinajstić information content (AvgIpc) is 2.96. The van der Waals surface area contributed by atoms with Crippen molar-refractivity contribution >= 4 is 28.6 Å². The Morgan fingerprint density at radius 1 is 1.28 bits per heavy atom. The number of hydrogen-bond donors (Lipinski definition) is 0. The lowest BCUT2D eigenvalue weighted by Gasteiger charge is -1.95. The van der Waals surface area contributed by atoms with Gasteiger partial charge in [0.15, 0.2) is 0 Å². The number of rotatable bonds is 5. The van der Waals surface area contributed by atoms with E-state index >= 15 is 0 Å². The van der Waals surface area contributed by atoms with E-state index in [4.69, 9.17) is 0 Å². The SMILES string of the molecule is COC(=O)CCc1csc(Cc2nc(C)cs2)n1. The van der Waals surface area contributed by atoms with Crippen LogP contribution in [0.5, 0.6) is 0 Å². The number of methoxy groups -OCH3 is 1. The maximum atomic E-state index is 11.0. The molecule has 6 heteroatoms. The molecular weight excluding hydrogens is 268 g/mol. The molecule has 0 amide bonds. The van der Waals surface area contributed by atoms with Gasteiger partial charge in [-0.2, -0.15) is 0 Å². The van der Waals surface area contributed by atoms with E-state index in [1.54, 1.807) is 22.7 Å². The molecule has 0 spiro atoms. The molecule has 2 aromatic heterocycles. The quantitative estimate of drug-likeness (QED) is 0.791. The molecule has 0 aliphatic rings. The highest BCUT2D eigenvalue weighted by molar-refractivity contribution is 7.11. The molecular formula is C12H14N2O2S2. The second-order valence-electron chi connectivity index (χ2n) is 3.87. The third-order valence-corrected chi connectivity index (χ3v) is 4.25. The summed E-state index contributed by atoms with van der Waals surface area (Å²) in [5.74, 6) is -0.194. The Morgan fingerprint density at radius 2 is 2.00 bits per heavy atom. The highest BCUT2D eigenvalue weighted by Crippen LogP contribution is 2.18. The summed E-state index contributed by atoms with van der Waals surface area (Å²) in [4.78, 5) is 19.9. The minimum atomic E-state index is -0.194. The summed E-state index contributed by atoms with van der Waals surface area (Å²) in [5, 5.41) is 6.17. The molecule has 0 radical (unpaired) electrons. The highest BCUT2D eigenvalue weighted by Gasteiger charge is 2.08. The van der Waals surface area contributed by atoms with Gasteiger partial charge < -0.3 is 4.74 Å². The molecule has 0 fully saturated rings. The van der Waals surface area contributed by atoms with Crippen molar-refractivity contribution in [1.29, 1.82) is 0 Å². The molecule has 0 N–H and O–H groups in total. The first-order chi connectivity index (χ1) is 8.67. The lowest BCUT2D eigenvalue weighted by atomic mass is 10.2. The first kappa shape index (κ1) is 13.2. The first-order valence-electron chi connectivity index (χ1n) is 5.58. The molecule has 0 aliphatic carbocycles. The normalized spacial score (nSPS) is 10.6. The van der Waals surface area contributed by atoms with Gasteiger partial charge in [0, 0.05) is 22.9 Å². The maximum Gasteiger partial charge on any atom is 0.305 e. The molecule has 2 heterocycles. The Labute approximate surface area is 114 Å². The molecule has 2 aromatic rings. The van der Waals surface area contributed by atoms with Gasteiger partial charge in [-0.1, -0.05) is 0 Å². The predicted molar refractivity (Wildman–Crippen MR) is 72.1 cm³/mol. The summed E-state index contributed by atoms with van der Waals surface area (Å²) >= 11 is 3.27. The zero-order valence-corrected chi connectivity index (χ0v) is 11.9. The van der Waals surface area contributed by atoms with Gasteiger partial charge in [-0.15, -0.1) is 22.7 Å². The summed E-state index contributed by atoms with van der Waals surface area (Å²) in [5.41, 5.74) is 2.01. The molecule has 4 nitrogen and oxygen atoms in total. The van der Waals surface area contributed by atoms with Crippen molar-refractivity contribution in [3.05, 3.63) is 32.2 Å². The first-order valence-corrected chi connectivity index (χ1v) is 7.34. The third-order valence-electron chi connectivity index (χ3n) is 2.38. The molecule has 0 unspecified atom stereocenters. The number of aromatic nitrogens is 2. The number of carbonyl (C=O) groups excluding carboxylic acids is 1. The van der Waals surface area contributed by atoms with Gasteiger partial charge in [0.05, 0.1) is 35.7 Å². The van der Waals surface area contributed by atoms with Crippen molar-refractivity contribution in [2.24, 2.45) is 0 Å². The van der Waals surface area contributed by atoms with Crippen LogP contribution in [-0.4, -0.2) is 23.0 Å². The molecule has 0 saturated carbocycles. The molecule has 96 valence electrons. The van der Waals surface area contributed by atoms with Crippen LogP contribution < -0.4 is 0 Å². The number of aryl methyl sites for hydroxylation is 2. The fourth-order valence-electron chi connectivity index (χ4n) is 1.49. The number of ether oxygens (including phenoxy) is 1. The van der Waals surface area contributed by atoms with Gasteiger partial charge >= 0.3 is 5.97 Å². The summed E-state index contributed by atoms with van der Waals surface area (Å²) < 4.78 is 4.61. The number of carbonyl (C=O) groups is 1. The smallest absolute Gasteiger partial charge is 0.305 e. The Balaban J connectivity index is 1.91. The Kier molecular flexibility index (Phi) is 4.43. The van der Waals surface area contributed by atoms with Crippen LogP contribution >= 0.6 is 22.7 Å². The Hall–Kier alpha value is -1.27. The van der Waals surface area contributed by atoms with Crippen LogP contribution in [0.1, 0.15) is 27.8 Å². The minimum Gasteiger partial charge on any atom is -0.469 e. The lowest BCUT2D eigenvalue weighted by molar-refractivity contribution is -0.140. The van der Waals surface area contributed by atoms with E-state index in [-0.39, 0.29) is 5.97 Å². The molecule has 0 atom stereocenters. The fourth-order valence-corrected chi connectivity index (χ4v) is 3.19. The van der Waals surface area contributed by atoms with Gasteiger partial charge in [-0.25, -0.2) is 9.97 Å². The molecule has 0 aliphatic heterocycles. The minimum absolute atomic E-state index is 0.194. The fraction of sp³-hybridized carbons (Fsp3) is 0.417. The third kappa shape index (κ3) is 3.61. The van der Waals surface area contributed by atoms with Crippen molar-refractivity contribution < 1.29 is 9.53 Å². The molecule has 0 aromatic carbocycles. The van der Waals surface area contributed by atoms with Crippen LogP contribution in [0.3, 0.4) is 0 Å². The van der Waals surface area contributed by atoms with Crippen molar-refractivity contribution in [1.82, 2.24) is 9.97 Å². The molecule has 0 saturated heterocycles. The molecule has 18 heavy (non-hydrogen) atoms. The number of esters is 1. The van der Waals surface area contributed by atoms with E-state index < -0.39 is 0 Å². The number of nitrogens with zero attached hydrogens (tertiary/aromatic N) is 2. The Bertz CT molecular complexity index is 534. The van der Waals surface area contributed by atoms with Crippen molar-refractivity contribution in [2.75, 3.05) is 7.11 Å². The van der Waals surface area contributed by atoms with Gasteiger partial charge in [0.25, 0.3) is 0 Å². The van der Waals surface area contributed by atoms with E-state index in [9.17, 15) is 4.79 Å². The monoisotopic (exact) mass is 282 g/mol. The van der Waals surface area contributed by atoms with Crippen LogP contribution in [0.25, 0.3) is 0 Å². The van der Waals surface area contributed by atoms with Gasteiger partial charge in [0.2, 0.25) is 0 Å². The van der Waals surface area contributed by atoms with E-state index in [2.05, 4.69) is 14.7 Å². The van der Waals surface area contributed by atoms with Crippen molar-refractivity contribution in [3.8, 4) is 0 Å². The number of hydrogen-bond acceptors (Lipinski definition) is 6. The maximum absolute atomic E-state index is 11.0. The summed E-state index contributed by atoms with van der Waals surface area (Å²) in [6.45, 7) is 1.99. The zero-order valence-electron chi connectivity index (χ0n) is 10.3. The van der Waals surface area contributed by atoms with E-state index in [1.165, 1.54) is 7.11 Å².